The van der Waals surface area contributed by atoms with E-state index in [1.165, 1.54) is 180 Å². The second kappa shape index (κ2) is 54.0. The molecular formula is C59H106O6. The van der Waals surface area contributed by atoms with Gasteiger partial charge in [-0.25, -0.2) is 0 Å². The van der Waals surface area contributed by atoms with Gasteiger partial charge in [-0.3, -0.25) is 14.4 Å². The second-order valence-corrected chi connectivity index (χ2v) is 18.9. The van der Waals surface area contributed by atoms with Crippen LogP contribution in [0.1, 0.15) is 290 Å². The van der Waals surface area contributed by atoms with Crippen LogP contribution >= 0.6 is 0 Å². The van der Waals surface area contributed by atoms with Gasteiger partial charge in [0.05, 0.1) is 0 Å². The first-order valence-electron chi connectivity index (χ1n) is 28.1. The van der Waals surface area contributed by atoms with Crippen molar-refractivity contribution in [2.45, 2.75) is 297 Å². The van der Waals surface area contributed by atoms with Crippen molar-refractivity contribution in [3.05, 3.63) is 48.6 Å². The summed E-state index contributed by atoms with van der Waals surface area (Å²) in [6.45, 7) is 6.60. The van der Waals surface area contributed by atoms with Crippen molar-refractivity contribution in [3.8, 4) is 0 Å². The highest BCUT2D eigenvalue weighted by molar-refractivity contribution is 5.71. The number of esters is 3. The number of ether oxygens (including phenoxy) is 3. The third-order valence-electron chi connectivity index (χ3n) is 12.3. The zero-order valence-corrected chi connectivity index (χ0v) is 43.3. The lowest BCUT2D eigenvalue weighted by Gasteiger charge is -2.18. The van der Waals surface area contributed by atoms with Crippen LogP contribution in [-0.4, -0.2) is 37.2 Å². The summed E-state index contributed by atoms with van der Waals surface area (Å²) in [7, 11) is 0. The second-order valence-electron chi connectivity index (χ2n) is 18.9. The summed E-state index contributed by atoms with van der Waals surface area (Å²) >= 11 is 0. The van der Waals surface area contributed by atoms with E-state index in [9.17, 15) is 14.4 Å². The maximum absolute atomic E-state index is 12.8. The van der Waals surface area contributed by atoms with Gasteiger partial charge in [-0.05, 0) is 57.8 Å². The first-order chi connectivity index (χ1) is 32.0. The van der Waals surface area contributed by atoms with E-state index in [1.807, 2.05) is 0 Å². The topological polar surface area (TPSA) is 78.9 Å². The van der Waals surface area contributed by atoms with Crippen LogP contribution in [0.4, 0.5) is 0 Å². The predicted molar refractivity (Wildman–Crippen MR) is 279 cm³/mol. The average molecular weight is 911 g/mol. The summed E-state index contributed by atoms with van der Waals surface area (Å²) < 4.78 is 16.8. The summed E-state index contributed by atoms with van der Waals surface area (Å²) in [5.74, 6) is -0.930. The van der Waals surface area contributed by atoms with Crippen LogP contribution in [0.25, 0.3) is 0 Å². The number of hydrogen-bond donors (Lipinski definition) is 0. The zero-order valence-electron chi connectivity index (χ0n) is 43.3. The van der Waals surface area contributed by atoms with Gasteiger partial charge in [0, 0.05) is 19.3 Å². The van der Waals surface area contributed by atoms with Crippen molar-refractivity contribution in [2.24, 2.45) is 0 Å². The molecule has 65 heavy (non-hydrogen) atoms. The molecule has 0 saturated heterocycles. The fourth-order valence-electron chi connectivity index (χ4n) is 8.08. The van der Waals surface area contributed by atoms with Crippen LogP contribution in [0.15, 0.2) is 48.6 Å². The highest BCUT2D eigenvalue weighted by Gasteiger charge is 2.19. The molecule has 0 aliphatic rings. The normalized spacial score (nSPS) is 12.4. The van der Waals surface area contributed by atoms with Gasteiger partial charge in [-0.2, -0.15) is 0 Å². The monoisotopic (exact) mass is 911 g/mol. The minimum atomic E-state index is -0.790. The Morgan fingerprint density at radius 1 is 0.308 bits per heavy atom. The van der Waals surface area contributed by atoms with Crippen molar-refractivity contribution in [1.82, 2.24) is 0 Å². The van der Waals surface area contributed by atoms with Crippen LogP contribution in [-0.2, 0) is 28.6 Å². The van der Waals surface area contributed by atoms with Gasteiger partial charge in [0.25, 0.3) is 0 Å². The molecule has 0 fully saturated rings. The third-order valence-corrected chi connectivity index (χ3v) is 12.3. The quantitative estimate of drug-likeness (QED) is 0.0262. The fourth-order valence-corrected chi connectivity index (χ4v) is 8.08. The molecule has 1 unspecified atom stereocenters. The van der Waals surface area contributed by atoms with Gasteiger partial charge in [-0.1, -0.05) is 262 Å². The van der Waals surface area contributed by atoms with Crippen LogP contribution in [0.5, 0.6) is 0 Å². The molecule has 0 spiro atoms. The van der Waals surface area contributed by atoms with Crippen molar-refractivity contribution in [1.29, 1.82) is 0 Å². The molecule has 0 aliphatic heterocycles. The maximum atomic E-state index is 12.8. The molecule has 0 radical (unpaired) electrons. The Labute approximate surface area is 403 Å². The number of rotatable bonds is 51. The highest BCUT2D eigenvalue weighted by atomic mass is 16.6. The average Bonchev–Trinajstić information content (AvgIpc) is 3.30. The summed E-state index contributed by atoms with van der Waals surface area (Å²) in [6, 6.07) is 0. The van der Waals surface area contributed by atoms with E-state index in [2.05, 4.69) is 69.4 Å². The zero-order chi connectivity index (χ0) is 47.2. The van der Waals surface area contributed by atoms with Crippen LogP contribution in [0.3, 0.4) is 0 Å². The van der Waals surface area contributed by atoms with Crippen LogP contribution < -0.4 is 0 Å². The molecule has 0 aromatic carbocycles. The van der Waals surface area contributed by atoms with E-state index in [0.29, 0.717) is 19.3 Å². The lowest BCUT2D eigenvalue weighted by Crippen LogP contribution is -2.30. The van der Waals surface area contributed by atoms with E-state index < -0.39 is 6.10 Å². The van der Waals surface area contributed by atoms with Gasteiger partial charge < -0.3 is 14.2 Å². The molecule has 1 atom stereocenters. The first-order valence-corrected chi connectivity index (χ1v) is 28.1. The van der Waals surface area contributed by atoms with Crippen molar-refractivity contribution >= 4 is 17.9 Å². The van der Waals surface area contributed by atoms with E-state index in [4.69, 9.17) is 14.2 Å². The number of carbonyl (C=O) groups is 3. The minimum Gasteiger partial charge on any atom is -0.462 e. The van der Waals surface area contributed by atoms with Crippen molar-refractivity contribution in [3.63, 3.8) is 0 Å². The van der Waals surface area contributed by atoms with Gasteiger partial charge >= 0.3 is 17.9 Å². The van der Waals surface area contributed by atoms with E-state index in [1.54, 1.807) is 0 Å². The lowest BCUT2D eigenvalue weighted by molar-refractivity contribution is -0.167. The fraction of sp³-hybridized carbons (Fsp3) is 0.814. The predicted octanol–water partition coefficient (Wildman–Crippen LogP) is 18.7. The standard InChI is InChI=1S/C59H106O6/c1-4-7-10-13-16-19-22-25-27-29-31-34-37-40-43-46-49-52-58(61)64-55-56(54-63-57(60)51-48-45-42-39-36-33-24-21-18-15-12-9-6-3)65-59(62)53-50-47-44-41-38-35-32-30-28-26-23-20-17-14-11-8-5-2/h16,19,25,27,31,34,40,43,56H,4-15,17-18,20-24,26,28-30,32-33,35-39,41-42,44-55H2,1-3H3. The Bertz CT molecular complexity index is 1140. The Morgan fingerprint density at radius 3 is 0.923 bits per heavy atom. The van der Waals surface area contributed by atoms with E-state index in [-0.39, 0.29) is 37.5 Å². The highest BCUT2D eigenvalue weighted by Crippen LogP contribution is 2.16. The summed E-state index contributed by atoms with van der Waals surface area (Å²) in [4.78, 5) is 38.1. The largest absolute Gasteiger partial charge is 0.462 e. The van der Waals surface area contributed by atoms with Crippen LogP contribution in [0, 0.1) is 0 Å². The van der Waals surface area contributed by atoms with Crippen molar-refractivity contribution in [2.75, 3.05) is 13.2 Å². The summed E-state index contributed by atoms with van der Waals surface area (Å²) in [5, 5.41) is 0. The smallest absolute Gasteiger partial charge is 0.306 e. The van der Waals surface area contributed by atoms with Gasteiger partial charge in [-0.15, -0.1) is 0 Å². The number of carbonyl (C=O) groups excluding carboxylic acids is 3. The summed E-state index contributed by atoms with van der Waals surface area (Å²) in [5.41, 5.74) is 0. The molecule has 0 saturated carbocycles. The molecule has 0 aromatic heterocycles. The Morgan fingerprint density at radius 2 is 0.569 bits per heavy atom. The Balaban J connectivity index is 4.42. The molecule has 0 amide bonds. The molecule has 378 valence electrons. The molecule has 0 aliphatic carbocycles. The van der Waals surface area contributed by atoms with E-state index >= 15 is 0 Å². The maximum Gasteiger partial charge on any atom is 0.306 e. The molecule has 0 N–H and O–H groups in total. The molecule has 0 bridgehead atoms. The number of hydrogen-bond acceptors (Lipinski definition) is 6. The Hall–Kier alpha value is -2.63. The molecule has 0 rings (SSSR count). The van der Waals surface area contributed by atoms with Gasteiger partial charge in [0.15, 0.2) is 6.10 Å². The first kappa shape index (κ1) is 62.4. The Kier molecular flexibility index (Phi) is 51.8. The number of unbranched alkanes of at least 4 members (excludes halogenated alkanes) is 32. The van der Waals surface area contributed by atoms with Gasteiger partial charge in [0.2, 0.25) is 0 Å². The lowest BCUT2D eigenvalue weighted by atomic mass is 10.0. The summed E-state index contributed by atoms with van der Waals surface area (Å²) in [6.07, 6.45) is 65.3. The number of allylic oxidation sites excluding steroid dienone is 8. The van der Waals surface area contributed by atoms with Crippen LogP contribution in [0.2, 0.25) is 0 Å². The molecule has 6 heteroatoms. The van der Waals surface area contributed by atoms with Gasteiger partial charge in [0.1, 0.15) is 13.2 Å². The molecule has 6 nitrogen and oxygen atoms in total. The molecular weight excluding hydrogens is 805 g/mol. The van der Waals surface area contributed by atoms with Crippen molar-refractivity contribution < 1.29 is 28.6 Å². The molecule has 0 heterocycles. The molecule has 0 aromatic rings. The minimum absolute atomic E-state index is 0.0857. The third kappa shape index (κ3) is 52.2. The SMILES string of the molecule is CCCCCC=CCC=CCC=CCC=CCCCC(=O)OCC(COC(=O)CCCCCCCCCCCCCCC)OC(=O)CCCCCCCCCCCCCCCCCCC. The van der Waals surface area contributed by atoms with E-state index in [0.717, 1.165) is 64.2 Å².